The molecule has 4 heteroatoms. The number of hydrogen-bond donors (Lipinski definition) is 1. The Morgan fingerprint density at radius 3 is 2.69 bits per heavy atom. The minimum atomic E-state index is -0.840. The van der Waals surface area contributed by atoms with E-state index in [0.29, 0.717) is 5.69 Å². The van der Waals surface area contributed by atoms with Crippen molar-refractivity contribution in [3.8, 4) is 0 Å². The Balaban J connectivity index is 2.01. The average Bonchev–Trinajstić information content (AvgIpc) is 2.71. The molecule has 0 aromatic heterocycles. The van der Waals surface area contributed by atoms with Crippen molar-refractivity contribution in [2.45, 2.75) is 24.9 Å². The molecule has 3 nitrogen and oxygen atoms in total. The van der Waals surface area contributed by atoms with Crippen LogP contribution in [0.15, 0.2) is 24.3 Å². The van der Waals surface area contributed by atoms with E-state index in [1.54, 1.807) is 23.1 Å². The Morgan fingerprint density at radius 1 is 1.38 bits per heavy atom. The number of halogens is 1. The van der Waals surface area contributed by atoms with E-state index in [-0.39, 0.29) is 17.8 Å². The Morgan fingerprint density at radius 2 is 2.06 bits per heavy atom. The molecule has 0 amide bonds. The third-order valence-corrected chi connectivity index (χ3v) is 3.67. The van der Waals surface area contributed by atoms with E-state index in [1.807, 2.05) is 0 Å². The summed E-state index contributed by atoms with van der Waals surface area (Å²) in [6, 6.07) is 6.07. The lowest BCUT2D eigenvalue weighted by Gasteiger charge is -2.27. The predicted octanol–water partition coefficient (Wildman–Crippen LogP) is 1.88. The van der Waals surface area contributed by atoms with E-state index in [4.69, 9.17) is 5.11 Å². The Bertz CT molecular complexity index is 442. The second-order valence-corrected chi connectivity index (χ2v) is 4.53. The molecule has 1 aliphatic carbocycles. The van der Waals surface area contributed by atoms with Crippen LogP contribution in [0.4, 0.5) is 10.1 Å². The molecule has 2 bridgehead atoms. The quantitative estimate of drug-likeness (QED) is 0.828. The highest BCUT2D eigenvalue weighted by Crippen LogP contribution is 2.48. The monoisotopic (exact) mass is 221 g/mol. The Labute approximate surface area is 92.5 Å². The van der Waals surface area contributed by atoms with Gasteiger partial charge in [0.2, 0.25) is 0 Å². The number of carboxylic acids is 1. The maximum absolute atomic E-state index is 13.6. The molecule has 1 atom stereocenters. The van der Waals surface area contributed by atoms with Gasteiger partial charge in [-0.25, -0.2) is 9.18 Å². The molecule has 1 saturated carbocycles. The van der Waals surface area contributed by atoms with Crippen LogP contribution in [0.2, 0.25) is 0 Å². The molecule has 3 aliphatic rings. The summed E-state index contributed by atoms with van der Waals surface area (Å²) in [5.74, 6) is -0.975. The first-order valence-electron chi connectivity index (χ1n) is 5.44. The molecule has 2 heterocycles. The number of para-hydroxylation sites is 1. The number of aliphatic carboxylic acids is 1. The zero-order chi connectivity index (χ0) is 11.3. The second kappa shape index (κ2) is 3.20. The van der Waals surface area contributed by atoms with Crippen molar-refractivity contribution in [3.05, 3.63) is 30.1 Å². The Hall–Kier alpha value is -1.58. The van der Waals surface area contributed by atoms with Crippen molar-refractivity contribution in [2.75, 3.05) is 4.90 Å². The normalized spacial score (nSPS) is 31.3. The first-order chi connectivity index (χ1) is 7.68. The number of fused-ring (bicyclic) bond motifs is 1. The van der Waals surface area contributed by atoms with Gasteiger partial charge in [-0.15, -0.1) is 0 Å². The van der Waals surface area contributed by atoms with Gasteiger partial charge in [0, 0.05) is 6.04 Å². The van der Waals surface area contributed by atoms with Gasteiger partial charge in [0.25, 0.3) is 0 Å². The molecule has 0 radical (unpaired) electrons. The molecule has 4 rings (SSSR count). The number of nitrogens with zero attached hydrogens (tertiary/aromatic N) is 1. The van der Waals surface area contributed by atoms with Crippen LogP contribution in [0, 0.1) is 11.7 Å². The highest BCUT2D eigenvalue weighted by atomic mass is 19.1. The zero-order valence-electron chi connectivity index (χ0n) is 8.64. The molecular formula is C12H12FNO2. The molecular weight excluding hydrogens is 209 g/mol. The first-order valence-corrected chi connectivity index (χ1v) is 5.44. The number of carboxylic acid groups (broad SMARTS) is 1. The second-order valence-electron chi connectivity index (χ2n) is 4.53. The van der Waals surface area contributed by atoms with Crippen LogP contribution in [0.5, 0.6) is 0 Å². The van der Waals surface area contributed by atoms with Gasteiger partial charge in [-0.3, -0.25) is 0 Å². The number of rotatable bonds is 2. The highest BCUT2D eigenvalue weighted by Gasteiger charge is 2.54. The van der Waals surface area contributed by atoms with E-state index < -0.39 is 12.0 Å². The summed E-state index contributed by atoms with van der Waals surface area (Å²) in [5, 5.41) is 9.17. The van der Waals surface area contributed by atoms with Crippen LogP contribution in [0.3, 0.4) is 0 Å². The van der Waals surface area contributed by atoms with E-state index >= 15 is 0 Å². The van der Waals surface area contributed by atoms with Crippen molar-refractivity contribution in [1.29, 1.82) is 0 Å². The van der Waals surface area contributed by atoms with Gasteiger partial charge < -0.3 is 10.0 Å². The van der Waals surface area contributed by atoms with Crippen LogP contribution in [-0.2, 0) is 4.79 Å². The summed E-state index contributed by atoms with van der Waals surface area (Å²) in [6.07, 6.45) is 1.76. The smallest absolute Gasteiger partial charge is 0.326 e. The van der Waals surface area contributed by atoms with Crippen molar-refractivity contribution in [3.63, 3.8) is 0 Å². The summed E-state index contributed by atoms with van der Waals surface area (Å²) < 4.78 is 13.6. The zero-order valence-corrected chi connectivity index (χ0v) is 8.64. The van der Waals surface area contributed by atoms with Crippen molar-refractivity contribution in [2.24, 2.45) is 5.92 Å². The predicted molar refractivity (Wildman–Crippen MR) is 56.8 cm³/mol. The number of benzene rings is 1. The van der Waals surface area contributed by atoms with Gasteiger partial charge in [-0.2, -0.15) is 0 Å². The SMILES string of the molecule is O=C(O)C1C2CC(C2)N1c1ccccc1F. The third kappa shape index (κ3) is 1.16. The summed E-state index contributed by atoms with van der Waals surface area (Å²) in [6.45, 7) is 0. The largest absolute Gasteiger partial charge is 0.480 e. The minimum Gasteiger partial charge on any atom is -0.480 e. The third-order valence-electron chi connectivity index (χ3n) is 3.67. The van der Waals surface area contributed by atoms with E-state index in [2.05, 4.69) is 0 Å². The molecule has 1 N–H and O–H groups in total. The van der Waals surface area contributed by atoms with Gasteiger partial charge >= 0.3 is 5.97 Å². The van der Waals surface area contributed by atoms with Gasteiger partial charge in [0.15, 0.2) is 0 Å². The molecule has 84 valence electrons. The minimum absolute atomic E-state index is 0.196. The van der Waals surface area contributed by atoms with E-state index in [0.717, 1.165) is 12.8 Å². The van der Waals surface area contributed by atoms with Gasteiger partial charge in [0.1, 0.15) is 11.9 Å². The molecule has 1 unspecified atom stereocenters. The van der Waals surface area contributed by atoms with Crippen LogP contribution in [0.1, 0.15) is 12.8 Å². The molecule has 1 aromatic rings. The van der Waals surface area contributed by atoms with Crippen molar-refractivity contribution in [1.82, 2.24) is 0 Å². The van der Waals surface area contributed by atoms with Gasteiger partial charge in [0.05, 0.1) is 5.69 Å². The fraction of sp³-hybridized carbons (Fsp3) is 0.417. The number of anilines is 1. The molecule has 2 aliphatic heterocycles. The lowest BCUT2D eigenvalue weighted by molar-refractivity contribution is -0.139. The maximum atomic E-state index is 13.6. The molecule has 16 heavy (non-hydrogen) atoms. The summed E-state index contributed by atoms with van der Waals surface area (Å²) in [4.78, 5) is 12.9. The molecule has 1 aromatic carbocycles. The standard InChI is InChI=1S/C12H12FNO2/c13-9-3-1-2-4-10(9)14-8-5-7(6-8)11(14)12(15)16/h1-4,7-8,11H,5-6H2,(H,15,16). The summed E-state index contributed by atoms with van der Waals surface area (Å²) >= 11 is 0. The van der Waals surface area contributed by atoms with Crippen LogP contribution in [0.25, 0.3) is 0 Å². The summed E-state index contributed by atoms with van der Waals surface area (Å²) in [5.41, 5.74) is 0.430. The van der Waals surface area contributed by atoms with Crippen LogP contribution in [-0.4, -0.2) is 23.2 Å². The van der Waals surface area contributed by atoms with E-state index in [9.17, 15) is 9.18 Å². The van der Waals surface area contributed by atoms with E-state index in [1.165, 1.54) is 6.07 Å². The highest BCUT2D eigenvalue weighted by molar-refractivity contribution is 5.81. The van der Waals surface area contributed by atoms with Crippen LogP contribution < -0.4 is 4.90 Å². The fourth-order valence-electron chi connectivity index (χ4n) is 2.90. The topological polar surface area (TPSA) is 40.5 Å². The fourth-order valence-corrected chi connectivity index (χ4v) is 2.90. The van der Waals surface area contributed by atoms with Gasteiger partial charge in [-0.05, 0) is 30.9 Å². The molecule has 3 fully saturated rings. The molecule has 0 spiro atoms. The summed E-state index contributed by atoms with van der Waals surface area (Å²) in [7, 11) is 0. The maximum Gasteiger partial charge on any atom is 0.326 e. The number of hydrogen-bond acceptors (Lipinski definition) is 2. The average molecular weight is 221 g/mol. The number of carbonyl (C=O) groups is 1. The lowest BCUT2D eigenvalue weighted by Crippen LogP contribution is -2.37. The Kier molecular flexibility index (Phi) is 1.93. The van der Waals surface area contributed by atoms with Crippen LogP contribution >= 0.6 is 0 Å². The lowest BCUT2D eigenvalue weighted by atomic mass is 9.83. The van der Waals surface area contributed by atoms with Crippen molar-refractivity contribution >= 4 is 11.7 Å². The molecule has 2 saturated heterocycles. The van der Waals surface area contributed by atoms with Crippen molar-refractivity contribution < 1.29 is 14.3 Å². The first kappa shape index (κ1) is 9.63. The van der Waals surface area contributed by atoms with Gasteiger partial charge in [-0.1, -0.05) is 12.1 Å².